The third-order valence-corrected chi connectivity index (χ3v) is 5.37. The minimum absolute atomic E-state index is 0.516. The van der Waals surface area contributed by atoms with Gasteiger partial charge in [0.1, 0.15) is 10.9 Å². The van der Waals surface area contributed by atoms with Crippen molar-refractivity contribution in [3.05, 3.63) is 45.8 Å². The number of aryl methyl sites for hydroxylation is 2. The fraction of sp³-hybridized carbons (Fsp3) is 0.353. The summed E-state index contributed by atoms with van der Waals surface area (Å²) in [4.78, 5) is 5.91. The zero-order valence-electron chi connectivity index (χ0n) is 13.3. The molecular weight excluding hydrogens is 330 g/mol. The quantitative estimate of drug-likeness (QED) is 0.483. The topological polar surface area (TPSA) is 50.1 Å². The number of hydrogen-bond acceptors (Lipinski definition) is 5. The SMILES string of the molecule is CNCCCc1sc2c(NCc3ccco3)cc(Cl)nc2c1C. The first kappa shape index (κ1) is 16.3. The van der Waals surface area contributed by atoms with Crippen LogP contribution in [-0.2, 0) is 13.0 Å². The minimum Gasteiger partial charge on any atom is -0.467 e. The van der Waals surface area contributed by atoms with Crippen molar-refractivity contribution in [3.63, 3.8) is 0 Å². The van der Waals surface area contributed by atoms with E-state index in [2.05, 4.69) is 22.5 Å². The van der Waals surface area contributed by atoms with Gasteiger partial charge in [-0.05, 0) is 51.1 Å². The van der Waals surface area contributed by atoms with Gasteiger partial charge in [-0.25, -0.2) is 4.98 Å². The lowest BCUT2D eigenvalue weighted by Crippen LogP contribution is -2.08. The van der Waals surface area contributed by atoms with Crippen LogP contribution in [-0.4, -0.2) is 18.6 Å². The largest absolute Gasteiger partial charge is 0.467 e. The molecule has 3 aromatic rings. The van der Waals surface area contributed by atoms with Gasteiger partial charge in [-0.2, -0.15) is 0 Å². The molecule has 3 rings (SSSR count). The first-order chi connectivity index (χ1) is 11.2. The number of nitrogens with one attached hydrogen (secondary N) is 2. The molecule has 0 fully saturated rings. The summed E-state index contributed by atoms with van der Waals surface area (Å²) < 4.78 is 6.54. The maximum atomic E-state index is 6.21. The van der Waals surface area contributed by atoms with Crippen molar-refractivity contribution >= 4 is 38.8 Å². The second-order valence-electron chi connectivity index (χ2n) is 5.46. The summed E-state index contributed by atoms with van der Waals surface area (Å²) in [7, 11) is 1.98. The van der Waals surface area contributed by atoms with Gasteiger partial charge in [0.25, 0.3) is 0 Å². The standard InChI is InChI=1S/C17H20ClN3OS/c1-11-14(6-3-7-19-2)23-17-13(9-15(18)21-16(11)17)20-10-12-5-4-8-22-12/h4-5,8-9,19H,3,6-7,10H2,1-2H3,(H,20,21). The van der Waals surface area contributed by atoms with Crippen molar-refractivity contribution in [1.82, 2.24) is 10.3 Å². The molecule has 0 aromatic carbocycles. The molecule has 0 aliphatic heterocycles. The van der Waals surface area contributed by atoms with E-state index in [0.29, 0.717) is 11.7 Å². The molecule has 0 spiro atoms. The van der Waals surface area contributed by atoms with Crippen LogP contribution in [0.3, 0.4) is 0 Å². The molecule has 4 nitrogen and oxygen atoms in total. The second kappa shape index (κ2) is 7.34. The molecule has 3 heterocycles. The lowest BCUT2D eigenvalue weighted by molar-refractivity contribution is 0.518. The highest BCUT2D eigenvalue weighted by Gasteiger charge is 2.14. The molecule has 0 saturated heterocycles. The normalized spacial score (nSPS) is 11.3. The maximum Gasteiger partial charge on any atom is 0.131 e. The molecule has 2 N–H and O–H groups in total. The van der Waals surface area contributed by atoms with Crippen molar-refractivity contribution in [1.29, 1.82) is 0 Å². The summed E-state index contributed by atoms with van der Waals surface area (Å²) in [6.45, 7) is 3.78. The maximum absolute atomic E-state index is 6.21. The number of hydrogen-bond donors (Lipinski definition) is 2. The third kappa shape index (κ3) is 3.68. The summed E-state index contributed by atoms with van der Waals surface area (Å²) in [6.07, 6.45) is 3.86. The van der Waals surface area contributed by atoms with E-state index < -0.39 is 0 Å². The van der Waals surface area contributed by atoms with Crippen LogP contribution in [0.25, 0.3) is 10.2 Å². The van der Waals surface area contributed by atoms with Crippen LogP contribution in [0.4, 0.5) is 5.69 Å². The van der Waals surface area contributed by atoms with Crippen LogP contribution >= 0.6 is 22.9 Å². The molecule has 0 aliphatic carbocycles. The predicted octanol–water partition coefficient (Wildman–Crippen LogP) is 4.62. The van der Waals surface area contributed by atoms with Crippen molar-refractivity contribution in [3.8, 4) is 0 Å². The number of nitrogens with zero attached hydrogens (tertiary/aromatic N) is 1. The average Bonchev–Trinajstić information content (AvgIpc) is 3.15. The van der Waals surface area contributed by atoms with Crippen LogP contribution in [0.1, 0.15) is 22.6 Å². The van der Waals surface area contributed by atoms with Gasteiger partial charge in [-0.1, -0.05) is 11.6 Å². The summed E-state index contributed by atoms with van der Waals surface area (Å²) in [5.41, 5.74) is 3.26. The Morgan fingerprint density at radius 3 is 3.00 bits per heavy atom. The van der Waals surface area contributed by atoms with E-state index >= 15 is 0 Å². The zero-order valence-corrected chi connectivity index (χ0v) is 14.9. The molecule has 0 amide bonds. The molecule has 0 unspecified atom stereocenters. The number of thiophene rings is 1. The Kier molecular flexibility index (Phi) is 5.20. The van der Waals surface area contributed by atoms with Gasteiger partial charge in [0.2, 0.25) is 0 Å². The lowest BCUT2D eigenvalue weighted by atomic mass is 10.1. The Labute approximate surface area is 144 Å². The third-order valence-electron chi connectivity index (χ3n) is 3.80. The van der Waals surface area contributed by atoms with E-state index in [1.165, 1.54) is 10.4 Å². The van der Waals surface area contributed by atoms with Crippen LogP contribution in [0, 0.1) is 6.92 Å². The molecule has 6 heteroatoms. The molecule has 23 heavy (non-hydrogen) atoms. The van der Waals surface area contributed by atoms with E-state index in [1.807, 2.05) is 25.2 Å². The van der Waals surface area contributed by atoms with Gasteiger partial charge in [-0.3, -0.25) is 0 Å². The van der Waals surface area contributed by atoms with Gasteiger partial charge in [0, 0.05) is 10.9 Å². The van der Waals surface area contributed by atoms with Gasteiger partial charge in [0.15, 0.2) is 0 Å². The molecule has 0 bridgehead atoms. The van der Waals surface area contributed by atoms with Crippen molar-refractivity contribution in [2.45, 2.75) is 26.3 Å². The number of anilines is 1. The van der Waals surface area contributed by atoms with Crippen molar-refractivity contribution in [2.24, 2.45) is 0 Å². The monoisotopic (exact) mass is 349 g/mol. The molecule has 0 aliphatic rings. The molecular formula is C17H20ClN3OS. The highest BCUT2D eigenvalue weighted by atomic mass is 35.5. The Balaban J connectivity index is 1.89. The Morgan fingerprint density at radius 2 is 2.26 bits per heavy atom. The van der Waals surface area contributed by atoms with Crippen LogP contribution < -0.4 is 10.6 Å². The minimum atomic E-state index is 0.516. The molecule has 0 radical (unpaired) electrons. The van der Waals surface area contributed by atoms with E-state index in [4.69, 9.17) is 16.0 Å². The van der Waals surface area contributed by atoms with E-state index in [-0.39, 0.29) is 0 Å². The number of pyridine rings is 1. The molecule has 0 saturated carbocycles. The lowest BCUT2D eigenvalue weighted by Gasteiger charge is -2.06. The fourth-order valence-corrected chi connectivity index (χ4v) is 4.06. The number of furan rings is 1. The van der Waals surface area contributed by atoms with Gasteiger partial charge < -0.3 is 15.1 Å². The molecule has 122 valence electrons. The van der Waals surface area contributed by atoms with Crippen molar-refractivity contribution < 1.29 is 4.42 Å². The highest BCUT2D eigenvalue weighted by molar-refractivity contribution is 7.19. The van der Waals surface area contributed by atoms with Crippen LogP contribution in [0.5, 0.6) is 0 Å². The number of rotatable bonds is 7. The number of aromatic nitrogens is 1. The smallest absolute Gasteiger partial charge is 0.131 e. The summed E-state index contributed by atoms with van der Waals surface area (Å²) in [5.74, 6) is 0.897. The Bertz CT molecular complexity index is 783. The van der Waals surface area contributed by atoms with Gasteiger partial charge in [0.05, 0.1) is 28.7 Å². The Morgan fingerprint density at radius 1 is 1.39 bits per heavy atom. The van der Waals surface area contributed by atoms with Crippen LogP contribution in [0.15, 0.2) is 28.9 Å². The second-order valence-corrected chi connectivity index (χ2v) is 6.95. The first-order valence-corrected chi connectivity index (χ1v) is 8.88. The van der Waals surface area contributed by atoms with E-state index in [1.54, 1.807) is 17.6 Å². The zero-order chi connectivity index (χ0) is 16.2. The van der Waals surface area contributed by atoms with Gasteiger partial charge >= 0.3 is 0 Å². The summed E-state index contributed by atoms with van der Waals surface area (Å²) >= 11 is 8.02. The summed E-state index contributed by atoms with van der Waals surface area (Å²) in [6, 6.07) is 5.73. The van der Waals surface area contributed by atoms with E-state index in [9.17, 15) is 0 Å². The number of halogens is 1. The Hall–Kier alpha value is -1.56. The molecule has 0 atom stereocenters. The predicted molar refractivity (Wildman–Crippen MR) is 97.6 cm³/mol. The average molecular weight is 350 g/mol. The van der Waals surface area contributed by atoms with Crippen LogP contribution in [0.2, 0.25) is 5.15 Å². The summed E-state index contributed by atoms with van der Waals surface area (Å²) in [5, 5.41) is 7.13. The van der Waals surface area contributed by atoms with Gasteiger partial charge in [-0.15, -0.1) is 11.3 Å². The van der Waals surface area contributed by atoms with E-state index in [0.717, 1.165) is 41.1 Å². The highest BCUT2D eigenvalue weighted by Crippen LogP contribution is 2.37. The molecule has 3 aromatic heterocycles. The number of fused-ring (bicyclic) bond motifs is 1. The first-order valence-electron chi connectivity index (χ1n) is 7.68. The fourth-order valence-electron chi connectivity index (χ4n) is 2.58. The van der Waals surface area contributed by atoms with Crippen molar-refractivity contribution in [2.75, 3.05) is 18.9 Å².